The molecule has 0 spiro atoms. The fourth-order valence-corrected chi connectivity index (χ4v) is 1.54. The highest BCUT2D eigenvalue weighted by Gasteiger charge is 2.26. The summed E-state index contributed by atoms with van der Waals surface area (Å²) >= 11 is 0. The second kappa shape index (κ2) is 3.52. The largest absolute Gasteiger partial charge is 0.477 e. The lowest BCUT2D eigenvalue weighted by Gasteiger charge is -2.24. The summed E-state index contributed by atoms with van der Waals surface area (Å²) in [6.45, 7) is 3.08. The molecular weight excluding hydrogens is 208 g/mol. The highest BCUT2D eigenvalue weighted by Crippen LogP contribution is 2.36. The number of hydrogen-bond acceptors (Lipinski definition) is 4. The standard InChI is InChI=1S/C11H12N2O3/c1-5(14)7-3-8(12)10-9(4-7)13-11(15)6(2)16-10/h3-4,6H,12H2,1-2H3,(H,13,15). The van der Waals surface area contributed by atoms with E-state index in [2.05, 4.69) is 5.32 Å². The number of Topliss-reactive ketones (excluding diaryl/α,β-unsaturated/α-hetero) is 1. The summed E-state index contributed by atoms with van der Waals surface area (Å²) in [5, 5.41) is 2.65. The van der Waals surface area contributed by atoms with Crippen molar-refractivity contribution in [1.29, 1.82) is 0 Å². The van der Waals surface area contributed by atoms with E-state index in [1.54, 1.807) is 19.1 Å². The number of anilines is 2. The molecule has 1 aliphatic rings. The molecule has 1 heterocycles. The van der Waals surface area contributed by atoms with Gasteiger partial charge in [0.15, 0.2) is 17.6 Å². The molecule has 2 rings (SSSR count). The first-order valence-electron chi connectivity index (χ1n) is 4.91. The molecule has 0 fully saturated rings. The van der Waals surface area contributed by atoms with Gasteiger partial charge in [0.25, 0.3) is 5.91 Å². The Balaban J connectivity index is 2.52. The molecule has 5 heteroatoms. The number of amides is 1. The smallest absolute Gasteiger partial charge is 0.265 e. The van der Waals surface area contributed by atoms with Gasteiger partial charge in [0, 0.05) is 5.56 Å². The number of nitrogens with one attached hydrogen (secondary N) is 1. The molecule has 1 unspecified atom stereocenters. The van der Waals surface area contributed by atoms with E-state index in [9.17, 15) is 9.59 Å². The maximum atomic E-state index is 11.4. The second-order valence-corrected chi connectivity index (χ2v) is 3.75. The Morgan fingerprint density at radius 3 is 2.81 bits per heavy atom. The molecule has 1 aromatic rings. The number of rotatable bonds is 1. The minimum absolute atomic E-state index is 0.109. The lowest BCUT2D eigenvalue weighted by Crippen LogP contribution is -2.34. The van der Waals surface area contributed by atoms with Crippen LogP contribution in [0, 0.1) is 0 Å². The molecule has 0 aromatic heterocycles. The van der Waals surface area contributed by atoms with Crippen LogP contribution in [0.25, 0.3) is 0 Å². The maximum absolute atomic E-state index is 11.4. The van der Waals surface area contributed by atoms with E-state index in [1.165, 1.54) is 6.92 Å². The Morgan fingerprint density at radius 2 is 2.19 bits per heavy atom. The van der Waals surface area contributed by atoms with Crippen molar-refractivity contribution in [2.24, 2.45) is 0 Å². The van der Waals surface area contributed by atoms with Crippen molar-refractivity contribution in [1.82, 2.24) is 0 Å². The van der Waals surface area contributed by atoms with Crippen LogP contribution in [0.15, 0.2) is 12.1 Å². The zero-order valence-electron chi connectivity index (χ0n) is 9.03. The molecule has 1 amide bonds. The van der Waals surface area contributed by atoms with Crippen LogP contribution in [0.5, 0.6) is 5.75 Å². The molecule has 0 saturated carbocycles. The van der Waals surface area contributed by atoms with E-state index in [4.69, 9.17) is 10.5 Å². The van der Waals surface area contributed by atoms with E-state index in [0.29, 0.717) is 22.7 Å². The van der Waals surface area contributed by atoms with E-state index < -0.39 is 6.10 Å². The van der Waals surface area contributed by atoms with Crippen molar-refractivity contribution in [3.8, 4) is 5.75 Å². The van der Waals surface area contributed by atoms with Crippen molar-refractivity contribution < 1.29 is 14.3 Å². The Bertz CT molecular complexity index is 482. The van der Waals surface area contributed by atoms with Gasteiger partial charge in [-0.1, -0.05) is 0 Å². The van der Waals surface area contributed by atoms with Gasteiger partial charge in [0.05, 0.1) is 11.4 Å². The Kier molecular flexibility index (Phi) is 2.30. The van der Waals surface area contributed by atoms with Crippen molar-refractivity contribution >= 4 is 23.1 Å². The van der Waals surface area contributed by atoms with Crippen molar-refractivity contribution in [2.75, 3.05) is 11.1 Å². The summed E-state index contributed by atoms with van der Waals surface area (Å²) in [6, 6.07) is 3.11. The lowest BCUT2D eigenvalue weighted by atomic mass is 10.1. The first-order valence-corrected chi connectivity index (χ1v) is 4.91. The maximum Gasteiger partial charge on any atom is 0.265 e. The summed E-state index contributed by atoms with van der Waals surface area (Å²) in [5.74, 6) is 0.0760. The fraction of sp³-hybridized carbons (Fsp3) is 0.273. The lowest BCUT2D eigenvalue weighted by molar-refractivity contribution is -0.122. The summed E-state index contributed by atoms with van der Waals surface area (Å²) in [6.07, 6.45) is -0.571. The number of ether oxygens (including phenoxy) is 1. The zero-order chi connectivity index (χ0) is 11.9. The van der Waals surface area contributed by atoms with Crippen molar-refractivity contribution in [3.05, 3.63) is 17.7 Å². The topological polar surface area (TPSA) is 81.4 Å². The average Bonchev–Trinajstić information content (AvgIpc) is 2.20. The molecule has 0 saturated heterocycles. The second-order valence-electron chi connectivity index (χ2n) is 3.75. The predicted octanol–water partition coefficient (Wildman–Crippen LogP) is 1.19. The van der Waals surface area contributed by atoms with Gasteiger partial charge in [-0.05, 0) is 26.0 Å². The number of nitrogens with two attached hydrogens (primary N) is 1. The van der Waals surface area contributed by atoms with E-state index >= 15 is 0 Å². The zero-order valence-corrected chi connectivity index (χ0v) is 9.03. The number of fused-ring (bicyclic) bond motifs is 1. The first-order chi connectivity index (χ1) is 7.49. The molecule has 1 atom stereocenters. The number of hydrogen-bond donors (Lipinski definition) is 2. The molecule has 0 radical (unpaired) electrons. The van der Waals surface area contributed by atoms with Gasteiger partial charge in [-0.2, -0.15) is 0 Å². The van der Waals surface area contributed by atoms with Crippen LogP contribution in [0.4, 0.5) is 11.4 Å². The van der Waals surface area contributed by atoms with Gasteiger partial charge < -0.3 is 15.8 Å². The van der Waals surface area contributed by atoms with Gasteiger partial charge in [0.2, 0.25) is 0 Å². The van der Waals surface area contributed by atoms with E-state index in [1.807, 2.05) is 0 Å². The third-order valence-electron chi connectivity index (χ3n) is 2.45. The summed E-state index contributed by atoms with van der Waals surface area (Å²) < 4.78 is 5.36. The van der Waals surface area contributed by atoms with Gasteiger partial charge in [0.1, 0.15) is 0 Å². The number of carbonyl (C=O) groups is 2. The summed E-state index contributed by atoms with van der Waals surface area (Å²) in [7, 11) is 0. The highest BCUT2D eigenvalue weighted by atomic mass is 16.5. The SMILES string of the molecule is CC(=O)c1cc(N)c2c(c1)NC(=O)C(C)O2. The third kappa shape index (κ3) is 1.60. The van der Waals surface area contributed by atoms with Gasteiger partial charge in [-0.25, -0.2) is 0 Å². The van der Waals surface area contributed by atoms with Crippen LogP contribution < -0.4 is 15.8 Å². The van der Waals surface area contributed by atoms with Crippen LogP contribution in [0.3, 0.4) is 0 Å². The van der Waals surface area contributed by atoms with Crippen LogP contribution in [0.1, 0.15) is 24.2 Å². The number of ketones is 1. The highest BCUT2D eigenvalue weighted by molar-refractivity contribution is 6.02. The van der Waals surface area contributed by atoms with E-state index in [-0.39, 0.29) is 11.7 Å². The normalized spacial score (nSPS) is 18.4. The monoisotopic (exact) mass is 220 g/mol. The Labute approximate surface area is 92.6 Å². The number of nitrogen functional groups attached to an aromatic ring is 1. The van der Waals surface area contributed by atoms with Crippen LogP contribution in [0.2, 0.25) is 0 Å². The van der Waals surface area contributed by atoms with Crippen LogP contribution in [-0.4, -0.2) is 17.8 Å². The van der Waals surface area contributed by atoms with Crippen molar-refractivity contribution in [3.63, 3.8) is 0 Å². The quantitative estimate of drug-likeness (QED) is 0.550. The average molecular weight is 220 g/mol. The summed E-state index contributed by atoms with van der Waals surface area (Å²) in [4.78, 5) is 22.6. The molecule has 84 valence electrons. The minimum Gasteiger partial charge on any atom is -0.477 e. The van der Waals surface area contributed by atoms with Gasteiger partial charge in [-0.15, -0.1) is 0 Å². The number of carbonyl (C=O) groups excluding carboxylic acids is 2. The predicted molar refractivity (Wildman–Crippen MR) is 59.6 cm³/mol. The first kappa shape index (κ1) is 10.5. The molecule has 0 bridgehead atoms. The molecule has 1 aromatic carbocycles. The van der Waals surface area contributed by atoms with E-state index in [0.717, 1.165) is 0 Å². The Morgan fingerprint density at radius 1 is 1.50 bits per heavy atom. The van der Waals surface area contributed by atoms with Crippen LogP contribution in [-0.2, 0) is 4.79 Å². The van der Waals surface area contributed by atoms with Gasteiger partial charge >= 0.3 is 0 Å². The Hall–Kier alpha value is -2.04. The number of benzene rings is 1. The summed E-state index contributed by atoms with van der Waals surface area (Å²) in [5.41, 5.74) is 7.02. The van der Waals surface area contributed by atoms with Crippen molar-refractivity contribution in [2.45, 2.75) is 20.0 Å². The fourth-order valence-electron chi connectivity index (χ4n) is 1.54. The molecule has 16 heavy (non-hydrogen) atoms. The molecule has 0 aliphatic carbocycles. The molecule has 5 nitrogen and oxygen atoms in total. The third-order valence-corrected chi connectivity index (χ3v) is 2.45. The van der Waals surface area contributed by atoms with Gasteiger partial charge in [-0.3, -0.25) is 9.59 Å². The minimum atomic E-state index is -0.571. The molecule has 3 N–H and O–H groups in total. The molecule has 1 aliphatic heterocycles. The van der Waals surface area contributed by atoms with Crippen LogP contribution >= 0.6 is 0 Å². The molecular formula is C11H12N2O3.